The lowest BCUT2D eigenvalue weighted by Crippen LogP contribution is -2.17. The highest BCUT2D eigenvalue weighted by molar-refractivity contribution is 7.92. The Labute approximate surface area is 160 Å². The van der Waals surface area contributed by atoms with Crippen LogP contribution in [0, 0.1) is 6.92 Å². The Bertz CT molecular complexity index is 972. The minimum absolute atomic E-state index is 0.0623. The number of nitrogens with zero attached hydrogens (tertiary/aromatic N) is 1. The highest BCUT2D eigenvalue weighted by Gasteiger charge is 2.11. The SMILES string of the molecule is Cc1ccccc1Nc1ccc(NS(=O)(=O)CCCc2ccccc2)nc1. The first-order valence-electron chi connectivity index (χ1n) is 8.85. The lowest BCUT2D eigenvalue weighted by atomic mass is 10.1. The second-order valence-electron chi connectivity index (χ2n) is 6.38. The fourth-order valence-electron chi connectivity index (χ4n) is 2.72. The summed E-state index contributed by atoms with van der Waals surface area (Å²) < 4.78 is 27.0. The normalized spacial score (nSPS) is 11.1. The van der Waals surface area contributed by atoms with Gasteiger partial charge in [-0.1, -0.05) is 48.5 Å². The van der Waals surface area contributed by atoms with Crippen LogP contribution in [0.2, 0.25) is 0 Å². The van der Waals surface area contributed by atoms with Gasteiger partial charge in [-0.25, -0.2) is 13.4 Å². The number of aromatic nitrogens is 1. The number of aryl methyl sites for hydroxylation is 2. The van der Waals surface area contributed by atoms with Crippen molar-refractivity contribution >= 4 is 27.2 Å². The fraction of sp³-hybridized carbons (Fsp3) is 0.190. The van der Waals surface area contributed by atoms with E-state index in [4.69, 9.17) is 0 Å². The summed E-state index contributed by atoms with van der Waals surface area (Å²) in [5, 5.41) is 3.27. The summed E-state index contributed by atoms with van der Waals surface area (Å²) in [4.78, 5) is 4.20. The van der Waals surface area contributed by atoms with E-state index < -0.39 is 10.0 Å². The summed E-state index contributed by atoms with van der Waals surface area (Å²) in [6.07, 6.45) is 2.91. The molecule has 3 rings (SSSR count). The molecular weight excluding hydrogens is 358 g/mol. The van der Waals surface area contributed by atoms with Gasteiger partial charge in [0, 0.05) is 5.69 Å². The molecule has 0 aliphatic rings. The number of nitrogens with one attached hydrogen (secondary N) is 2. The van der Waals surface area contributed by atoms with Gasteiger partial charge in [-0.2, -0.15) is 0 Å². The molecule has 0 bridgehead atoms. The quantitative estimate of drug-likeness (QED) is 0.602. The van der Waals surface area contributed by atoms with Crippen LogP contribution in [-0.2, 0) is 16.4 Å². The number of para-hydroxylation sites is 1. The van der Waals surface area contributed by atoms with Crippen molar-refractivity contribution in [3.63, 3.8) is 0 Å². The molecule has 1 aromatic heterocycles. The molecule has 0 saturated heterocycles. The molecule has 140 valence electrons. The summed E-state index contributed by atoms with van der Waals surface area (Å²) in [7, 11) is -3.42. The van der Waals surface area contributed by atoms with E-state index >= 15 is 0 Å². The van der Waals surface area contributed by atoms with Crippen molar-refractivity contribution in [2.45, 2.75) is 19.8 Å². The molecule has 27 heavy (non-hydrogen) atoms. The second-order valence-corrected chi connectivity index (χ2v) is 8.22. The molecule has 5 nitrogen and oxygen atoms in total. The van der Waals surface area contributed by atoms with Crippen molar-refractivity contribution in [2.24, 2.45) is 0 Å². The monoisotopic (exact) mass is 381 g/mol. The molecule has 0 atom stereocenters. The largest absolute Gasteiger partial charge is 0.354 e. The maximum Gasteiger partial charge on any atom is 0.233 e. The van der Waals surface area contributed by atoms with Crippen molar-refractivity contribution in [2.75, 3.05) is 15.8 Å². The third-order valence-corrected chi connectivity index (χ3v) is 5.52. The van der Waals surface area contributed by atoms with Crippen LogP contribution in [-0.4, -0.2) is 19.2 Å². The van der Waals surface area contributed by atoms with Crippen molar-refractivity contribution < 1.29 is 8.42 Å². The van der Waals surface area contributed by atoms with E-state index in [0.717, 1.165) is 28.9 Å². The van der Waals surface area contributed by atoms with Crippen LogP contribution in [0.15, 0.2) is 72.9 Å². The summed E-state index contributed by atoms with van der Waals surface area (Å²) in [6, 6.07) is 21.3. The maximum absolute atomic E-state index is 12.2. The molecule has 3 aromatic rings. The van der Waals surface area contributed by atoms with Gasteiger partial charge in [-0.3, -0.25) is 4.72 Å². The van der Waals surface area contributed by atoms with E-state index in [9.17, 15) is 8.42 Å². The Morgan fingerprint density at radius 2 is 1.67 bits per heavy atom. The Hall–Kier alpha value is -2.86. The first kappa shape index (κ1) is 18.9. The van der Waals surface area contributed by atoms with Gasteiger partial charge in [-0.15, -0.1) is 0 Å². The molecule has 0 fully saturated rings. The summed E-state index contributed by atoms with van der Waals surface area (Å²) in [5.74, 6) is 0.386. The van der Waals surface area contributed by atoms with E-state index in [1.165, 1.54) is 0 Å². The van der Waals surface area contributed by atoms with Gasteiger partial charge in [-0.05, 0) is 49.1 Å². The number of benzene rings is 2. The zero-order chi connectivity index (χ0) is 19.1. The zero-order valence-corrected chi connectivity index (χ0v) is 16.0. The smallest absolute Gasteiger partial charge is 0.233 e. The average Bonchev–Trinajstić information content (AvgIpc) is 2.66. The highest BCUT2D eigenvalue weighted by Crippen LogP contribution is 2.20. The van der Waals surface area contributed by atoms with Crippen molar-refractivity contribution in [1.82, 2.24) is 4.98 Å². The highest BCUT2D eigenvalue weighted by atomic mass is 32.2. The number of hydrogen-bond acceptors (Lipinski definition) is 4. The van der Waals surface area contributed by atoms with Crippen LogP contribution in [0.3, 0.4) is 0 Å². The molecule has 0 aliphatic carbocycles. The van der Waals surface area contributed by atoms with Crippen LogP contribution in [0.4, 0.5) is 17.2 Å². The standard InChI is InChI=1S/C21H23N3O2S/c1-17-8-5-6-12-20(17)23-19-13-14-21(22-16-19)24-27(25,26)15-7-11-18-9-3-2-4-10-18/h2-6,8-10,12-14,16,23H,7,11,15H2,1H3,(H,22,24). The van der Waals surface area contributed by atoms with Crippen molar-refractivity contribution in [1.29, 1.82) is 0 Å². The van der Waals surface area contributed by atoms with Crippen LogP contribution in [0.1, 0.15) is 17.5 Å². The van der Waals surface area contributed by atoms with Crippen molar-refractivity contribution in [3.05, 3.63) is 84.1 Å². The minimum Gasteiger partial charge on any atom is -0.354 e. The third kappa shape index (κ3) is 5.82. The van der Waals surface area contributed by atoms with Crippen LogP contribution >= 0.6 is 0 Å². The van der Waals surface area contributed by atoms with Gasteiger partial charge in [0.25, 0.3) is 0 Å². The molecule has 6 heteroatoms. The Morgan fingerprint density at radius 1 is 0.926 bits per heavy atom. The van der Waals surface area contributed by atoms with Gasteiger partial charge < -0.3 is 5.32 Å². The minimum atomic E-state index is -3.42. The van der Waals surface area contributed by atoms with E-state index in [-0.39, 0.29) is 5.75 Å². The summed E-state index contributed by atoms with van der Waals surface area (Å²) in [6.45, 7) is 2.02. The lowest BCUT2D eigenvalue weighted by molar-refractivity contribution is 0.598. The van der Waals surface area contributed by atoms with Crippen LogP contribution < -0.4 is 10.0 Å². The zero-order valence-electron chi connectivity index (χ0n) is 15.2. The predicted molar refractivity (Wildman–Crippen MR) is 111 cm³/mol. The molecule has 0 amide bonds. The number of sulfonamides is 1. The van der Waals surface area contributed by atoms with E-state index in [1.54, 1.807) is 18.3 Å². The lowest BCUT2D eigenvalue weighted by Gasteiger charge is -2.11. The Morgan fingerprint density at radius 3 is 2.37 bits per heavy atom. The number of hydrogen-bond donors (Lipinski definition) is 2. The molecule has 2 aromatic carbocycles. The molecule has 0 unspecified atom stereocenters. The van der Waals surface area contributed by atoms with Crippen LogP contribution in [0.25, 0.3) is 0 Å². The topological polar surface area (TPSA) is 71.1 Å². The van der Waals surface area contributed by atoms with E-state index in [1.807, 2.05) is 61.5 Å². The van der Waals surface area contributed by atoms with E-state index in [0.29, 0.717) is 12.2 Å². The van der Waals surface area contributed by atoms with Crippen LogP contribution in [0.5, 0.6) is 0 Å². The van der Waals surface area contributed by atoms with E-state index in [2.05, 4.69) is 15.0 Å². The third-order valence-electron chi connectivity index (χ3n) is 4.17. The molecular formula is C21H23N3O2S. The first-order valence-corrected chi connectivity index (χ1v) is 10.5. The summed E-state index contributed by atoms with van der Waals surface area (Å²) in [5.41, 5.74) is 4.06. The fourth-order valence-corrected chi connectivity index (χ4v) is 3.78. The molecule has 0 aliphatic heterocycles. The van der Waals surface area contributed by atoms with Gasteiger partial charge in [0.2, 0.25) is 10.0 Å². The van der Waals surface area contributed by atoms with Gasteiger partial charge in [0.15, 0.2) is 0 Å². The number of pyridine rings is 1. The van der Waals surface area contributed by atoms with Gasteiger partial charge >= 0.3 is 0 Å². The number of rotatable bonds is 8. The van der Waals surface area contributed by atoms with Gasteiger partial charge in [0.05, 0.1) is 17.6 Å². The molecule has 0 saturated carbocycles. The molecule has 2 N–H and O–H groups in total. The molecule has 1 heterocycles. The Kier molecular flexibility index (Phi) is 6.08. The molecule has 0 spiro atoms. The predicted octanol–water partition coefficient (Wildman–Crippen LogP) is 4.51. The van der Waals surface area contributed by atoms with Crippen molar-refractivity contribution in [3.8, 4) is 0 Å². The average molecular weight is 382 g/mol. The summed E-state index contributed by atoms with van der Waals surface area (Å²) >= 11 is 0. The number of anilines is 3. The maximum atomic E-state index is 12.2. The Balaban J connectivity index is 1.54. The second kappa shape index (κ2) is 8.68. The van der Waals surface area contributed by atoms with Gasteiger partial charge in [0.1, 0.15) is 5.82 Å². The molecule has 0 radical (unpaired) electrons. The first-order chi connectivity index (χ1) is 13.0.